The maximum Gasteiger partial charge on any atom is 0.323 e. The Morgan fingerprint density at radius 1 is 0.971 bits per heavy atom. The van der Waals surface area contributed by atoms with Crippen LogP contribution in [-0.4, -0.2) is 66.5 Å². The first-order valence-corrected chi connectivity index (χ1v) is 12.3. The first-order valence-electron chi connectivity index (χ1n) is 12.3. The van der Waals surface area contributed by atoms with Gasteiger partial charge in [-0.2, -0.15) is 0 Å². The van der Waals surface area contributed by atoms with E-state index in [0.717, 1.165) is 16.7 Å². The smallest absolute Gasteiger partial charge is 0.323 e. The molecule has 2 saturated heterocycles. The molecule has 186 valence electrons. The van der Waals surface area contributed by atoms with Gasteiger partial charge in [-0.05, 0) is 44.9 Å². The molecule has 8 heteroatoms. The minimum atomic E-state index is -0.765. The summed E-state index contributed by atoms with van der Waals surface area (Å²) >= 11 is 0. The van der Waals surface area contributed by atoms with Gasteiger partial charge in [-0.15, -0.1) is 0 Å². The first-order chi connectivity index (χ1) is 16.9. The molecule has 0 saturated carbocycles. The van der Waals surface area contributed by atoms with E-state index >= 15 is 0 Å². The predicted octanol–water partition coefficient (Wildman–Crippen LogP) is 3.26. The molecule has 2 aromatic rings. The van der Waals surface area contributed by atoms with Gasteiger partial charge >= 0.3 is 12.0 Å². The van der Waals surface area contributed by atoms with Gasteiger partial charge in [0.1, 0.15) is 6.04 Å². The Hall–Kier alpha value is -3.39. The van der Waals surface area contributed by atoms with E-state index in [-0.39, 0.29) is 24.9 Å². The molecule has 0 bridgehead atoms. The summed E-state index contributed by atoms with van der Waals surface area (Å²) in [4.78, 5) is 43.9. The van der Waals surface area contributed by atoms with Crippen molar-refractivity contribution in [3.8, 4) is 0 Å². The fourth-order valence-corrected chi connectivity index (χ4v) is 4.91. The number of nitrogens with one attached hydrogen (secondary N) is 2. The Morgan fingerprint density at radius 3 is 2.17 bits per heavy atom. The summed E-state index contributed by atoms with van der Waals surface area (Å²) in [5.41, 5.74) is 3.60. The van der Waals surface area contributed by atoms with Gasteiger partial charge in [0.25, 0.3) is 0 Å². The average Bonchev–Trinajstić information content (AvgIpc) is 3.27. The number of anilines is 1. The summed E-state index contributed by atoms with van der Waals surface area (Å²) in [6.45, 7) is 8.52. The van der Waals surface area contributed by atoms with Gasteiger partial charge in [0.2, 0.25) is 5.91 Å². The fraction of sp³-hybridized carbons (Fsp3) is 0.444. The third kappa shape index (κ3) is 5.48. The first kappa shape index (κ1) is 24.7. The monoisotopic (exact) mass is 478 g/mol. The summed E-state index contributed by atoms with van der Waals surface area (Å²) in [6.07, 6.45) is 0.224. The molecule has 2 aliphatic rings. The van der Waals surface area contributed by atoms with Crippen LogP contribution < -0.4 is 10.6 Å². The van der Waals surface area contributed by atoms with Crippen molar-refractivity contribution in [3.63, 3.8) is 0 Å². The second-order valence-electron chi connectivity index (χ2n) is 9.24. The topological polar surface area (TPSA) is 91.0 Å². The van der Waals surface area contributed by atoms with Crippen LogP contribution >= 0.6 is 0 Å². The summed E-state index contributed by atoms with van der Waals surface area (Å²) in [7, 11) is 0. The number of hydrogen-bond acceptors (Lipinski definition) is 5. The van der Waals surface area contributed by atoms with Crippen molar-refractivity contribution in [2.24, 2.45) is 5.92 Å². The highest BCUT2D eigenvalue weighted by atomic mass is 16.5. The Balaban J connectivity index is 1.73. The van der Waals surface area contributed by atoms with E-state index in [9.17, 15) is 14.4 Å². The number of rotatable bonds is 5. The number of amides is 3. The lowest BCUT2D eigenvalue weighted by molar-refractivity contribution is -0.148. The number of carbonyl (C=O) groups excluding carboxylic acids is 3. The maximum atomic E-state index is 13.8. The number of esters is 1. The summed E-state index contributed by atoms with van der Waals surface area (Å²) in [6, 6.07) is 13.5. The maximum absolute atomic E-state index is 13.8. The highest BCUT2D eigenvalue weighted by molar-refractivity contribution is 5.96. The quantitative estimate of drug-likeness (QED) is 0.644. The molecule has 0 spiro atoms. The van der Waals surface area contributed by atoms with Crippen LogP contribution in [0.4, 0.5) is 10.5 Å². The van der Waals surface area contributed by atoms with E-state index in [2.05, 4.69) is 10.6 Å². The summed E-state index contributed by atoms with van der Waals surface area (Å²) in [5.74, 6) is -1.16. The molecule has 2 heterocycles. The lowest BCUT2D eigenvalue weighted by Gasteiger charge is -2.35. The lowest BCUT2D eigenvalue weighted by atomic mass is 9.92. The molecule has 3 amide bonds. The van der Waals surface area contributed by atoms with Gasteiger partial charge in [0, 0.05) is 31.9 Å². The Bertz CT molecular complexity index is 1050. The molecule has 2 aromatic carbocycles. The van der Waals surface area contributed by atoms with Gasteiger partial charge in [-0.3, -0.25) is 9.59 Å². The SMILES string of the molecule is CCOC(=O)C1CC(C(=O)N2CCNCC2)N(C(=O)Nc2ccc(C)cc2)C1c1ccc(C)cc1. The van der Waals surface area contributed by atoms with Crippen molar-refractivity contribution in [3.05, 3.63) is 65.2 Å². The molecular weight excluding hydrogens is 444 g/mol. The number of nitrogens with zero attached hydrogens (tertiary/aromatic N) is 2. The second-order valence-corrected chi connectivity index (χ2v) is 9.24. The van der Waals surface area contributed by atoms with Crippen molar-refractivity contribution in [1.29, 1.82) is 0 Å². The standard InChI is InChI=1S/C27H34N4O4/c1-4-35-26(33)22-17-23(25(32)30-15-13-28-14-16-30)31(24(22)20-9-5-18(2)6-10-20)27(34)29-21-11-7-19(3)8-12-21/h5-12,22-24,28H,4,13-17H2,1-3H3,(H,29,34). The van der Waals surface area contributed by atoms with Crippen molar-refractivity contribution < 1.29 is 19.1 Å². The van der Waals surface area contributed by atoms with Gasteiger partial charge in [0.15, 0.2) is 0 Å². The molecule has 0 aliphatic carbocycles. The molecule has 2 fully saturated rings. The number of benzene rings is 2. The minimum Gasteiger partial charge on any atom is -0.466 e. The van der Waals surface area contributed by atoms with E-state index in [4.69, 9.17) is 4.74 Å². The van der Waals surface area contributed by atoms with Gasteiger partial charge in [-0.1, -0.05) is 47.5 Å². The van der Waals surface area contributed by atoms with E-state index in [0.29, 0.717) is 31.9 Å². The summed E-state index contributed by atoms with van der Waals surface area (Å²) in [5, 5.41) is 6.21. The third-order valence-electron chi connectivity index (χ3n) is 6.75. The van der Waals surface area contributed by atoms with E-state index in [1.54, 1.807) is 16.7 Å². The zero-order valence-corrected chi connectivity index (χ0v) is 20.6. The van der Waals surface area contributed by atoms with Crippen molar-refractivity contribution >= 4 is 23.6 Å². The molecule has 35 heavy (non-hydrogen) atoms. The normalized spacial score (nSPS) is 22.1. The van der Waals surface area contributed by atoms with Crippen LogP contribution in [0.2, 0.25) is 0 Å². The summed E-state index contributed by atoms with van der Waals surface area (Å²) < 4.78 is 5.40. The Labute approximate surface area is 206 Å². The van der Waals surface area contributed by atoms with Crippen LogP contribution in [0.1, 0.15) is 36.1 Å². The molecule has 4 rings (SSSR count). The van der Waals surface area contributed by atoms with E-state index in [1.165, 1.54) is 0 Å². The van der Waals surface area contributed by atoms with Crippen LogP contribution in [0, 0.1) is 19.8 Å². The zero-order valence-electron chi connectivity index (χ0n) is 20.6. The Kier molecular flexibility index (Phi) is 7.70. The molecule has 3 unspecified atom stereocenters. The van der Waals surface area contributed by atoms with Crippen LogP contribution in [0.25, 0.3) is 0 Å². The number of hydrogen-bond donors (Lipinski definition) is 2. The second kappa shape index (κ2) is 10.9. The van der Waals surface area contributed by atoms with Gasteiger partial charge < -0.3 is 25.2 Å². The zero-order chi connectivity index (χ0) is 24.9. The van der Waals surface area contributed by atoms with Crippen LogP contribution in [-0.2, 0) is 14.3 Å². The third-order valence-corrected chi connectivity index (χ3v) is 6.75. The van der Waals surface area contributed by atoms with E-state index < -0.39 is 24.0 Å². The molecule has 2 N–H and O–H groups in total. The number of aryl methyl sites for hydroxylation is 2. The van der Waals surface area contributed by atoms with Gasteiger partial charge in [0.05, 0.1) is 18.6 Å². The van der Waals surface area contributed by atoms with Crippen molar-refractivity contribution in [1.82, 2.24) is 15.1 Å². The van der Waals surface area contributed by atoms with E-state index in [1.807, 2.05) is 62.4 Å². The van der Waals surface area contributed by atoms with Crippen molar-refractivity contribution in [2.75, 3.05) is 38.1 Å². The number of ether oxygens (including phenoxy) is 1. The van der Waals surface area contributed by atoms with Crippen molar-refractivity contribution in [2.45, 2.75) is 39.3 Å². The molecule has 0 aromatic heterocycles. The minimum absolute atomic E-state index is 0.130. The fourth-order valence-electron chi connectivity index (χ4n) is 4.91. The van der Waals surface area contributed by atoms with Crippen LogP contribution in [0.5, 0.6) is 0 Å². The predicted molar refractivity (Wildman–Crippen MR) is 134 cm³/mol. The van der Waals surface area contributed by atoms with Crippen LogP contribution in [0.15, 0.2) is 48.5 Å². The number of likely N-dealkylation sites (tertiary alicyclic amines) is 1. The molecular formula is C27H34N4O4. The molecule has 2 aliphatic heterocycles. The number of piperazine rings is 1. The molecule has 3 atom stereocenters. The average molecular weight is 479 g/mol. The highest BCUT2D eigenvalue weighted by Crippen LogP contribution is 2.43. The Morgan fingerprint density at radius 2 is 1.57 bits per heavy atom. The van der Waals surface area contributed by atoms with Gasteiger partial charge in [-0.25, -0.2) is 4.79 Å². The number of carbonyl (C=O) groups is 3. The lowest BCUT2D eigenvalue weighted by Crippen LogP contribution is -2.54. The number of urea groups is 1. The highest BCUT2D eigenvalue weighted by Gasteiger charge is 2.52. The molecule has 0 radical (unpaired) electrons. The largest absolute Gasteiger partial charge is 0.466 e. The van der Waals surface area contributed by atoms with Crippen LogP contribution in [0.3, 0.4) is 0 Å². The molecule has 8 nitrogen and oxygen atoms in total.